The van der Waals surface area contributed by atoms with E-state index in [1.165, 1.54) is 6.42 Å². The molecule has 0 spiro atoms. The van der Waals surface area contributed by atoms with E-state index in [-0.39, 0.29) is 0 Å². The lowest BCUT2D eigenvalue weighted by Crippen LogP contribution is -2.32. The Hall–Kier alpha value is -1.39. The number of hydrogen-bond donors (Lipinski definition) is 1. The Kier molecular flexibility index (Phi) is 3.30. The van der Waals surface area contributed by atoms with Crippen molar-refractivity contribution in [2.45, 2.75) is 18.9 Å². The average Bonchev–Trinajstić information content (AvgIpc) is 2.89. The van der Waals surface area contributed by atoms with Crippen LogP contribution in [0.1, 0.15) is 18.9 Å². The molecule has 1 atom stereocenters. The topological polar surface area (TPSA) is 42.7 Å². The zero-order valence-electron chi connectivity index (χ0n) is 10.0. The van der Waals surface area contributed by atoms with E-state index in [0.717, 1.165) is 35.8 Å². The number of nitrogens with one attached hydrogen (secondary N) is 1. The summed E-state index contributed by atoms with van der Waals surface area (Å²) in [6, 6.07) is 8.20. The Morgan fingerprint density at radius 1 is 1.39 bits per heavy atom. The fourth-order valence-corrected chi connectivity index (χ4v) is 2.60. The minimum atomic E-state index is 0.384. The monoisotopic (exact) mass is 262 g/mol. The Bertz CT molecular complexity index is 531. The Morgan fingerprint density at radius 2 is 2.33 bits per heavy atom. The zero-order chi connectivity index (χ0) is 12.4. The lowest BCUT2D eigenvalue weighted by molar-refractivity contribution is 0.344. The van der Waals surface area contributed by atoms with Gasteiger partial charge in [0.25, 0.3) is 0 Å². The second-order valence-electron chi connectivity index (χ2n) is 4.57. The van der Waals surface area contributed by atoms with Crippen molar-refractivity contribution in [2.75, 3.05) is 13.1 Å². The third-order valence-electron chi connectivity index (χ3n) is 3.31. The van der Waals surface area contributed by atoms with E-state index >= 15 is 0 Å². The lowest BCUT2D eigenvalue weighted by atomic mass is 10.1. The van der Waals surface area contributed by atoms with Crippen molar-refractivity contribution in [2.24, 2.45) is 0 Å². The summed E-state index contributed by atoms with van der Waals surface area (Å²) in [5, 5.41) is 12.4. The maximum Gasteiger partial charge on any atom is 0.0889 e. The molecule has 0 amide bonds. The van der Waals surface area contributed by atoms with Gasteiger partial charge in [-0.25, -0.2) is 4.68 Å². The van der Waals surface area contributed by atoms with Crippen LogP contribution in [0.15, 0.2) is 30.5 Å². The molecular formula is C13H15ClN4. The molecule has 0 bridgehead atoms. The molecule has 5 heteroatoms. The van der Waals surface area contributed by atoms with Crippen LogP contribution in [0.3, 0.4) is 0 Å². The maximum atomic E-state index is 6.04. The van der Waals surface area contributed by atoms with Crippen molar-refractivity contribution in [3.05, 3.63) is 35.5 Å². The molecule has 0 saturated carbocycles. The SMILES string of the molecule is Clc1cccc(-c2cnnn2C2CCCNC2)c1. The Balaban J connectivity index is 1.95. The van der Waals surface area contributed by atoms with Crippen LogP contribution in [0.2, 0.25) is 5.02 Å². The summed E-state index contributed by atoms with van der Waals surface area (Å²) in [4.78, 5) is 0. The molecule has 18 heavy (non-hydrogen) atoms. The number of halogens is 1. The summed E-state index contributed by atoms with van der Waals surface area (Å²) in [6.45, 7) is 2.05. The number of piperidine rings is 1. The number of rotatable bonds is 2. The predicted molar refractivity (Wildman–Crippen MR) is 71.6 cm³/mol. The number of hydrogen-bond acceptors (Lipinski definition) is 3. The van der Waals surface area contributed by atoms with Crippen LogP contribution < -0.4 is 5.32 Å². The van der Waals surface area contributed by atoms with Crippen molar-refractivity contribution < 1.29 is 0 Å². The van der Waals surface area contributed by atoms with E-state index in [9.17, 15) is 0 Å². The highest BCUT2D eigenvalue weighted by Crippen LogP contribution is 2.26. The number of nitrogens with zero attached hydrogens (tertiary/aromatic N) is 3. The highest BCUT2D eigenvalue weighted by atomic mass is 35.5. The summed E-state index contributed by atoms with van der Waals surface area (Å²) < 4.78 is 2.01. The molecule has 1 saturated heterocycles. The lowest BCUT2D eigenvalue weighted by Gasteiger charge is -2.24. The molecule has 1 aromatic heterocycles. The second kappa shape index (κ2) is 5.08. The van der Waals surface area contributed by atoms with Gasteiger partial charge in [0.05, 0.1) is 17.9 Å². The third kappa shape index (κ3) is 2.26. The molecule has 1 fully saturated rings. The van der Waals surface area contributed by atoms with Gasteiger partial charge < -0.3 is 5.32 Å². The van der Waals surface area contributed by atoms with Gasteiger partial charge >= 0.3 is 0 Å². The fraction of sp³-hybridized carbons (Fsp3) is 0.385. The first-order valence-corrected chi connectivity index (χ1v) is 6.59. The molecule has 0 radical (unpaired) electrons. The van der Waals surface area contributed by atoms with Crippen LogP contribution in [0.4, 0.5) is 0 Å². The third-order valence-corrected chi connectivity index (χ3v) is 3.55. The predicted octanol–water partition coefficient (Wildman–Crippen LogP) is 2.52. The smallest absolute Gasteiger partial charge is 0.0889 e. The van der Waals surface area contributed by atoms with Crippen LogP contribution in [0.5, 0.6) is 0 Å². The maximum absolute atomic E-state index is 6.04. The Morgan fingerprint density at radius 3 is 3.11 bits per heavy atom. The molecule has 3 rings (SSSR count). The molecular weight excluding hydrogens is 248 g/mol. The van der Waals surface area contributed by atoms with Crippen LogP contribution in [0, 0.1) is 0 Å². The standard InChI is InChI=1S/C13H15ClN4/c14-11-4-1-3-10(7-11)13-9-16-17-18(13)12-5-2-6-15-8-12/h1,3-4,7,9,12,15H,2,5-6,8H2. The molecule has 2 aromatic rings. The van der Waals surface area contributed by atoms with Gasteiger partial charge in [-0.15, -0.1) is 5.10 Å². The van der Waals surface area contributed by atoms with Gasteiger partial charge in [0.2, 0.25) is 0 Å². The summed E-state index contributed by atoms with van der Waals surface area (Å²) in [6.07, 6.45) is 4.13. The first-order chi connectivity index (χ1) is 8.84. The van der Waals surface area contributed by atoms with Gasteiger partial charge in [0.15, 0.2) is 0 Å². The van der Waals surface area contributed by atoms with Crippen molar-refractivity contribution in [1.82, 2.24) is 20.3 Å². The summed E-state index contributed by atoms with van der Waals surface area (Å²) in [5.74, 6) is 0. The minimum Gasteiger partial charge on any atom is -0.315 e. The largest absolute Gasteiger partial charge is 0.315 e. The molecule has 2 heterocycles. The van der Waals surface area contributed by atoms with Crippen LogP contribution in [-0.4, -0.2) is 28.1 Å². The quantitative estimate of drug-likeness (QED) is 0.904. The van der Waals surface area contributed by atoms with Gasteiger partial charge in [-0.05, 0) is 31.5 Å². The average molecular weight is 263 g/mol. The summed E-state index contributed by atoms with van der Waals surface area (Å²) in [5.41, 5.74) is 2.10. The van der Waals surface area contributed by atoms with Crippen LogP contribution in [0.25, 0.3) is 11.3 Å². The molecule has 1 aliphatic heterocycles. The van der Waals surface area contributed by atoms with E-state index in [1.54, 1.807) is 6.20 Å². The van der Waals surface area contributed by atoms with E-state index in [0.29, 0.717) is 6.04 Å². The zero-order valence-corrected chi connectivity index (χ0v) is 10.8. The second-order valence-corrected chi connectivity index (χ2v) is 5.01. The molecule has 1 aliphatic rings. The van der Waals surface area contributed by atoms with Gasteiger partial charge in [-0.3, -0.25) is 0 Å². The highest BCUT2D eigenvalue weighted by molar-refractivity contribution is 6.30. The van der Waals surface area contributed by atoms with Crippen molar-refractivity contribution in [3.8, 4) is 11.3 Å². The Labute approximate surface area is 111 Å². The summed E-state index contributed by atoms with van der Waals surface area (Å²) >= 11 is 6.04. The van der Waals surface area contributed by atoms with Crippen molar-refractivity contribution in [3.63, 3.8) is 0 Å². The molecule has 1 unspecified atom stereocenters. The van der Waals surface area contributed by atoms with Crippen LogP contribution >= 0.6 is 11.6 Å². The first kappa shape index (κ1) is 11.7. The number of aromatic nitrogens is 3. The number of benzene rings is 1. The summed E-state index contributed by atoms with van der Waals surface area (Å²) in [7, 11) is 0. The molecule has 1 aromatic carbocycles. The van der Waals surface area contributed by atoms with E-state index in [1.807, 2.05) is 28.9 Å². The van der Waals surface area contributed by atoms with Gasteiger partial charge in [-0.2, -0.15) is 0 Å². The van der Waals surface area contributed by atoms with Gasteiger partial charge in [0.1, 0.15) is 0 Å². The van der Waals surface area contributed by atoms with Gasteiger partial charge in [0, 0.05) is 17.1 Å². The molecule has 0 aliphatic carbocycles. The normalized spacial score (nSPS) is 19.9. The highest BCUT2D eigenvalue weighted by Gasteiger charge is 2.19. The molecule has 1 N–H and O–H groups in total. The molecule has 4 nitrogen and oxygen atoms in total. The first-order valence-electron chi connectivity index (χ1n) is 6.21. The van der Waals surface area contributed by atoms with E-state index < -0.39 is 0 Å². The fourth-order valence-electron chi connectivity index (χ4n) is 2.41. The van der Waals surface area contributed by atoms with Crippen molar-refractivity contribution >= 4 is 11.6 Å². The minimum absolute atomic E-state index is 0.384. The van der Waals surface area contributed by atoms with Crippen molar-refractivity contribution in [1.29, 1.82) is 0 Å². The molecule has 94 valence electrons. The van der Waals surface area contributed by atoms with Gasteiger partial charge in [-0.1, -0.05) is 28.9 Å². The van der Waals surface area contributed by atoms with Crippen LogP contribution in [-0.2, 0) is 0 Å². The van der Waals surface area contributed by atoms with E-state index in [2.05, 4.69) is 15.6 Å². The van der Waals surface area contributed by atoms with E-state index in [4.69, 9.17) is 11.6 Å².